The molecule has 0 aliphatic heterocycles. The van der Waals surface area contributed by atoms with E-state index in [0.29, 0.717) is 5.69 Å². The Morgan fingerprint density at radius 1 is 1.24 bits per heavy atom. The number of amides is 1. The summed E-state index contributed by atoms with van der Waals surface area (Å²) in [6.45, 7) is 1.89. The topological polar surface area (TPSA) is 109 Å². The molecule has 0 radical (unpaired) electrons. The average molecular weight is 408 g/mol. The summed E-state index contributed by atoms with van der Waals surface area (Å²) in [5, 5.41) is 23.5. The largest absolute Gasteiger partial charge is 0.456 e. The lowest BCUT2D eigenvalue weighted by atomic mass is 10.1. The molecule has 144 valence electrons. The Morgan fingerprint density at radius 3 is 2.72 bits per heavy atom. The van der Waals surface area contributed by atoms with Gasteiger partial charge in [0, 0.05) is 22.9 Å². The van der Waals surface area contributed by atoms with Crippen LogP contribution in [0, 0.1) is 28.4 Å². The van der Waals surface area contributed by atoms with Gasteiger partial charge in [-0.15, -0.1) is 0 Å². The van der Waals surface area contributed by atoms with E-state index in [2.05, 4.69) is 5.32 Å². The third-order valence-electron chi connectivity index (χ3n) is 3.98. The van der Waals surface area contributed by atoms with Gasteiger partial charge in [-0.2, -0.15) is 5.26 Å². The van der Waals surface area contributed by atoms with Crippen LogP contribution in [0.2, 0.25) is 5.02 Å². The summed E-state index contributed by atoms with van der Waals surface area (Å²) < 4.78 is 5.60. The van der Waals surface area contributed by atoms with Crippen LogP contribution in [0.4, 0.5) is 11.4 Å². The first kappa shape index (κ1) is 19.9. The van der Waals surface area contributed by atoms with Gasteiger partial charge in [-0.25, -0.2) is 0 Å². The van der Waals surface area contributed by atoms with Gasteiger partial charge in [-0.05, 0) is 48.9 Å². The molecule has 0 saturated heterocycles. The van der Waals surface area contributed by atoms with Gasteiger partial charge in [0.1, 0.15) is 23.2 Å². The summed E-state index contributed by atoms with van der Waals surface area (Å²) in [6.07, 6.45) is 1.27. The second kappa shape index (κ2) is 8.42. The van der Waals surface area contributed by atoms with Crippen molar-refractivity contribution in [3.8, 4) is 17.4 Å². The molecule has 0 saturated carbocycles. The minimum atomic E-state index is -0.589. The van der Waals surface area contributed by atoms with Crippen LogP contribution in [0.25, 0.3) is 17.4 Å². The van der Waals surface area contributed by atoms with Crippen molar-refractivity contribution in [2.45, 2.75) is 6.92 Å². The number of benzene rings is 2. The number of nitrogens with one attached hydrogen (secondary N) is 1. The summed E-state index contributed by atoms with van der Waals surface area (Å²) in [4.78, 5) is 23.1. The molecule has 0 aliphatic carbocycles. The normalized spacial score (nSPS) is 11.0. The van der Waals surface area contributed by atoms with Crippen molar-refractivity contribution in [2.24, 2.45) is 0 Å². The minimum Gasteiger partial charge on any atom is -0.456 e. The molecule has 0 unspecified atom stereocenters. The molecule has 0 bridgehead atoms. The van der Waals surface area contributed by atoms with Gasteiger partial charge in [0.25, 0.3) is 11.6 Å². The first-order valence-corrected chi connectivity index (χ1v) is 8.79. The van der Waals surface area contributed by atoms with Crippen molar-refractivity contribution in [1.82, 2.24) is 0 Å². The number of rotatable bonds is 5. The molecule has 1 amide bonds. The fraction of sp³-hybridized carbons (Fsp3) is 0.0476. The van der Waals surface area contributed by atoms with Crippen LogP contribution in [0.5, 0.6) is 0 Å². The van der Waals surface area contributed by atoms with E-state index >= 15 is 0 Å². The number of hydrogen-bond donors (Lipinski definition) is 1. The second-order valence-electron chi connectivity index (χ2n) is 6.11. The second-order valence-corrected chi connectivity index (χ2v) is 6.55. The fourth-order valence-corrected chi connectivity index (χ4v) is 2.82. The molecule has 7 nitrogen and oxygen atoms in total. The highest BCUT2D eigenvalue weighted by Gasteiger charge is 2.19. The Morgan fingerprint density at radius 2 is 2.03 bits per heavy atom. The van der Waals surface area contributed by atoms with Crippen molar-refractivity contribution in [3.05, 3.63) is 86.6 Å². The standard InChI is InChI=1S/C21H14ClN3O4/c1-13-3-2-4-16(9-13)24-21(26)14(12-23)10-17-6-8-20(29-17)18-7-5-15(22)11-19(18)25(27)28/h2-11H,1H3,(H,24,26)/b14-10-. The van der Waals surface area contributed by atoms with Crippen molar-refractivity contribution in [1.29, 1.82) is 5.26 Å². The number of furan rings is 1. The minimum absolute atomic E-state index is 0.169. The highest BCUT2D eigenvalue weighted by Crippen LogP contribution is 2.33. The number of halogens is 1. The van der Waals surface area contributed by atoms with Crippen LogP contribution in [0.1, 0.15) is 11.3 Å². The number of carbonyl (C=O) groups excluding carboxylic acids is 1. The van der Waals surface area contributed by atoms with Crippen molar-refractivity contribution in [2.75, 3.05) is 5.32 Å². The number of carbonyl (C=O) groups is 1. The maximum absolute atomic E-state index is 12.4. The van der Waals surface area contributed by atoms with E-state index in [1.165, 1.54) is 36.4 Å². The number of nitro groups is 1. The fourth-order valence-electron chi connectivity index (χ4n) is 2.65. The van der Waals surface area contributed by atoms with Gasteiger partial charge in [0.2, 0.25) is 0 Å². The zero-order valence-electron chi connectivity index (χ0n) is 15.2. The first-order valence-electron chi connectivity index (χ1n) is 8.41. The molecular formula is C21H14ClN3O4. The molecule has 0 atom stereocenters. The highest BCUT2D eigenvalue weighted by molar-refractivity contribution is 6.30. The summed E-state index contributed by atoms with van der Waals surface area (Å²) in [7, 11) is 0. The van der Waals surface area contributed by atoms with Crippen LogP contribution in [0.3, 0.4) is 0 Å². The molecule has 0 spiro atoms. The Bertz CT molecular complexity index is 1170. The zero-order valence-corrected chi connectivity index (χ0v) is 15.9. The quantitative estimate of drug-likeness (QED) is 0.265. The molecule has 2 aromatic carbocycles. The SMILES string of the molecule is Cc1cccc(NC(=O)/C(C#N)=C\c2ccc(-c3ccc(Cl)cc3[N+](=O)[O-])o2)c1. The van der Waals surface area contributed by atoms with E-state index in [1.54, 1.807) is 18.2 Å². The number of aryl methyl sites for hydroxylation is 1. The van der Waals surface area contributed by atoms with Gasteiger partial charge < -0.3 is 9.73 Å². The van der Waals surface area contributed by atoms with E-state index in [4.69, 9.17) is 16.0 Å². The molecule has 1 aromatic heterocycles. The maximum atomic E-state index is 12.4. The average Bonchev–Trinajstić information content (AvgIpc) is 3.14. The van der Waals surface area contributed by atoms with Crippen LogP contribution >= 0.6 is 11.6 Å². The maximum Gasteiger partial charge on any atom is 0.281 e. The predicted octanol–water partition coefficient (Wildman–Crippen LogP) is 5.36. The van der Waals surface area contributed by atoms with E-state index in [0.717, 1.165) is 5.56 Å². The van der Waals surface area contributed by atoms with E-state index in [9.17, 15) is 20.2 Å². The number of hydrogen-bond acceptors (Lipinski definition) is 5. The lowest BCUT2D eigenvalue weighted by Crippen LogP contribution is -2.13. The number of nitrogens with zero attached hydrogens (tertiary/aromatic N) is 2. The molecule has 1 N–H and O–H groups in total. The molecular weight excluding hydrogens is 394 g/mol. The monoisotopic (exact) mass is 407 g/mol. The van der Waals surface area contributed by atoms with E-state index in [1.807, 2.05) is 19.1 Å². The van der Waals surface area contributed by atoms with Gasteiger partial charge in [-0.3, -0.25) is 14.9 Å². The third-order valence-corrected chi connectivity index (χ3v) is 4.21. The molecule has 3 aromatic rings. The Hall–Kier alpha value is -3.89. The summed E-state index contributed by atoms with van der Waals surface area (Å²) in [6, 6.07) is 16.3. The third kappa shape index (κ3) is 4.69. The molecule has 29 heavy (non-hydrogen) atoms. The molecule has 0 fully saturated rings. The van der Waals surface area contributed by atoms with Gasteiger partial charge in [0.05, 0.1) is 10.5 Å². The van der Waals surface area contributed by atoms with Crippen LogP contribution in [0.15, 0.2) is 64.6 Å². The number of anilines is 1. The molecule has 3 rings (SSSR count). The molecule has 8 heteroatoms. The molecule has 1 heterocycles. The summed E-state index contributed by atoms with van der Waals surface area (Å²) in [5.41, 5.74) is 1.39. The van der Waals surface area contributed by atoms with E-state index < -0.39 is 10.8 Å². The summed E-state index contributed by atoms with van der Waals surface area (Å²) in [5.74, 6) is -0.162. The smallest absolute Gasteiger partial charge is 0.281 e. The number of nitriles is 1. The predicted molar refractivity (Wildman–Crippen MR) is 109 cm³/mol. The van der Waals surface area contributed by atoms with E-state index in [-0.39, 0.29) is 33.4 Å². The van der Waals surface area contributed by atoms with Crippen molar-refractivity contribution < 1.29 is 14.1 Å². The Kier molecular flexibility index (Phi) is 5.77. The van der Waals surface area contributed by atoms with Crippen LogP contribution in [-0.4, -0.2) is 10.8 Å². The number of nitro benzene ring substituents is 1. The Balaban J connectivity index is 1.87. The highest BCUT2D eigenvalue weighted by atomic mass is 35.5. The Labute approximate surface area is 171 Å². The van der Waals surface area contributed by atoms with Crippen LogP contribution < -0.4 is 5.32 Å². The molecule has 0 aliphatic rings. The lowest BCUT2D eigenvalue weighted by Gasteiger charge is -2.04. The van der Waals surface area contributed by atoms with Crippen LogP contribution in [-0.2, 0) is 4.79 Å². The van der Waals surface area contributed by atoms with Gasteiger partial charge in [-0.1, -0.05) is 23.7 Å². The summed E-state index contributed by atoms with van der Waals surface area (Å²) >= 11 is 5.83. The zero-order chi connectivity index (χ0) is 21.0. The van der Waals surface area contributed by atoms with Gasteiger partial charge in [0.15, 0.2) is 0 Å². The van der Waals surface area contributed by atoms with Gasteiger partial charge >= 0.3 is 0 Å². The van der Waals surface area contributed by atoms with Crippen molar-refractivity contribution in [3.63, 3.8) is 0 Å². The first-order chi connectivity index (χ1) is 13.9. The van der Waals surface area contributed by atoms with Crippen molar-refractivity contribution >= 4 is 35.0 Å². The lowest BCUT2D eigenvalue weighted by molar-refractivity contribution is -0.384.